The van der Waals surface area contributed by atoms with Crippen LogP contribution >= 0.6 is 0 Å². The number of fused-ring (bicyclic) bond motifs is 1. The molecule has 5 heteroatoms. The number of aromatic nitrogens is 1. The van der Waals surface area contributed by atoms with Gasteiger partial charge in [0.15, 0.2) is 5.58 Å². The summed E-state index contributed by atoms with van der Waals surface area (Å²) in [5.74, 6) is 0.470. The Morgan fingerprint density at radius 1 is 1.32 bits per heavy atom. The quantitative estimate of drug-likeness (QED) is 0.803. The third-order valence-electron chi connectivity index (χ3n) is 2.54. The van der Waals surface area contributed by atoms with Gasteiger partial charge in [-0.1, -0.05) is 26.0 Å². The Morgan fingerprint density at radius 3 is 2.84 bits per heavy atom. The first kappa shape index (κ1) is 13.8. The summed E-state index contributed by atoms with van der Waals surface area (Å²) in [4.78, 5) is 4.26. The van der Waals surface area contributed by atoms with Crippen LogP contribution in [-0.4, -0.2) is 36.0 Å². The first-order chi connectivity index (χ1) is 9.15. The summed E-state index contributed by atoms with van der Waals surface area (Å²) in [5.41, 5.74) is 1.53. The maximum absolute atomic E-state index is 9.74. The standard InChI is InChI=1S/C14H20N2O3/c1-10(2)8-18-9-11(17)7-15-14-16-12-5-3-4-6-13(12)19-14/h3-6,10-11,17H,7-9H2,1-2H3,(H,15,16)/t11-/m0/s1. The second-order valence-electron chi connectivity index (χ2n) is 4.95. The largest absolute Gasteiger partial charge is 0.424 e. The maximum atomic E-state index is 9.74. The Morgan fingerprint density at radius 2 is 2.11 bits per heavy atom. The zero-order valence-electron chi connectivity index (χ0n) is 11.3. The molecule has 0 saturated heterocycles. The molecule has 0 aliphatic heterocycles. The van der Waals surface area contributed by atoms with Crippen molar-refractivity contribution in [2.75, 3.05) is 25.1 Å². The number of para-hydroxylation sites is 2. The van der Waals surface area contributed by atoms with Crippen molar-refractivity contribution in [3.05, 3.63) is 24.3 Å². The van der Waals surface area contributed by atoms with Crippen molar-refractivity contribution in [2.45, 2.75) is 20.0 Å². The highest BCUT2D eigenvalue weighted by Crippen LogP contribution is 2.17. The Kier molecular flexibility index (Phi) is 4.76. The van der Waals surface area contributed by atoms with E-state index in [1.54, 1.807) is 0 Å². The number of ether oxygens (including phenoxy) is 1. The van der Waals surface area contributed by atoms with E-state index in [4.69, 9.17) is 9.15 Å². The molecule has 2 aromatic rings. The normalized spacial score (nSPS) is 13.1. The minimum Gasteiger partial charge on any atom is -0.424 e. The average Bonchev–Trinajstić information content (AvgIpc) is 2.78. The molecular formula is C14H20N2O3. The lowest BCUT2D eigenvalue weighted by atomic mass is 10.2. The molecule has 0 saturated carbocycles. The molecule has 104 valence electrons. The van der Waals surface area contributed by atoms with Crippen molar-refractivity contribution in [1.82, 2.24) is 4.98 Å². The third-order valence-corrected chi connectivity index (χ3v) is 2.54. The van der Waals surface area contributed by atoms with E-state index >= 15 is 0 Å². The number of benzene rings is 1. The van der Waals surface area contributed by atoms with Crippen LogP contribution in [0.3, 0.4) is 0 Å². The van der Waals surface area contributed by atoms with Crippen molar-refractivity contribution in [2.24, 2.45) is 5.92 Å². The predicted octanol–water partition coefficient (Wildman–Crippen LogP) is 2.27. The van der Waals surface area contributed by atoms with Gasteiger partial charge < -0.3 is 19.6 Å². The molecule has 0 aliphatic rings. The molecule has 0 amide bonds. The SMILES string of the molecule is CC(C)COC[C@@H](O)CNc1nc2ccccc2o1. The molecular weight excluding hydrogens is 244 g/mol. The smallest absolute Gasteiger partial charge is 0.295 e. The molecule has 2 N–H and O–H groups in total. The van der Waals surface area contributed by atoms with Crippen LogP contribution in [-0.2, 0) is 4.74 Å². The fraction of sp³-hybridized carbons (Fsp3) is 0.500. The molecule has 19 heavy (non-hydrogen) atoms. The van der Waals surface area contributed by atoms with E-state index in [0.717, 1.165) is 11.1 Å². The fourth-order valence-electron chi connectivity index (χ4n) is 1.65. The van der Waals surface area contributed by atoms with E-state index in [9.17, 15) is 5.11 Å². The van der Waals surface area contributed by atoms with Gasteiger partial charge in [0.1, 0.15) is 5.52 Å². The summed E-state index contributed by atoms with van der Waals surface area (Å²) in [6.45, 7) is 5.46. The second-order valence-corrected chi connectivity index (χ2v) is 4.95. The van der Waals surface area contributed by atoms with Gasteiger partial charge in [0, 0.05) is 13.2 Å². The summed E-state index contributed by atoms with van der Waals surface area (Å²) < 4.78 is 10.9. The van der Waals surface area contributed by atoms with E-state index in [1.165, 1.54) is 0 Å². The number of hydrogen-bond acceptors (Lipinski definition) is 5. The lowest BCUT2D eigenvalue weighted by molar-refractivity contribution is 0.0316. The number of hydrogen-bond donors (Lipinski definition) is 2. The second kappa shape index (κ2) is 6.54. The first-order valence-corrected chi connectivity index (χ1v) is 6.50. The number of nitrogens with zero attached hydrogens (tertiary/aromatic N) is 1. The zero-order chi connectivity index (χ0) is 13.7. The number of anilines is 1. The average molecular weight is 264 g/mol. The van der Waals surface area contributed by atoms with Crippen molar-refractivity contribution in [3.63, 3.8) is 0 Å². The molecule has 1 aromatic heterocycles. The molecule has 2 rings (SSSR count). The molecule has 1 aromatic carbocycles. The number of aliphatic hydroxyl groups is 1. The van der Waals surface area contributed by atoms with Gasteiger partial charge in [-0.15, -0.1) is 0 Å². The number of aliphatic hydroxyl groups excluding tert-OH is 1. The van der Waals surface area contributed by atoms with E-state index in [2.05, 4.69) is 24.1 Å². The van der Waals surface area contributed by atoms with Gasteiger partial charge in [0.2, 0.25) is 0 Å². The Hall–Kier alpha value is -1.59. The van der Waals surface area contributed by atoms with Crippen molar-refractivity contribution < 1.29 is 14.3 Å². The van der Waals surface area contributed by atoms with Gasteiger partial charge in [-0.25, -0.2) is 0 Å². The Balaban J connectivity index is 1.78. The Bertz CT molecular complexity index is 477. The topological polar surface area (TPSA) is 67.5 Å². The highest BCUT2D eigenvalue weighted by molar-refractivity contribution is 5.74. The lowest BCUT2D eigenvalue weighted by Crippen LogP contribution is -2.25. The number of oxazole rings is 1. The van der Waals surface area contributed by atoms with Crippen LogP contribution in [0.5, 0.6) is 0 Å². The third kappa shape index (κ3) is 4.22. The van der Waals surface area contributed by atoms with Crippen LogP contribution < -0.4 is 5.32 Å². The van der Waals surface area contributed by atoms with Gasteiger partial charge >= 0.3 is 0 Å². The predicted molar refractivity (Wildman–Crippen MR) is 74.2 cm³/mol. The molecule has 0 radical (unpaired) electrons. The van der Waals surface area contributed by atoms with Gasteiger partial charge in [-0.05, 0) is 18.1 Å². The zero-order valence-corrected chi connectivity index (χ0v) is 11.3. The van der Waals surface area contributed by atoms with Crippen LogP contribution in [0, 0.1) is 5.92 Å². The number of nitrogens with one attached hydrogen (secondary N) is 1. The summed E-state index contributed by atoms with van der Waals surface area (Å²) in [6, 6.07) is 7.96. The molecule has 0 fully saturated rings. The van der Waals surface area contributed by atoms with Crippen molar-refractivity contribution in [3.8, 4) is 0 Å². The maximum Gasteiger partial charge on any atom is 0.295 e. The van der Waals surface area contributed by atoms with Crippen LogP contribution in [0.4, 0.5) is 6.01 Å². The van der Waals surface area contributed by atoms with Crippen LogP contribution in [0.2, 0.25) is 0 Å². The van der Waals surface area contributed by atoms with Crippen molar-refractivity contribution >= 4 is 17.1 Å². The highest BCUT2D eigenvalue weighted by atomic mass is 16.5. The van der Waals surface area contributed by atoms with E-state index in [-0.39, 0.29) is 0 Å². The van der Waals surface area contributed by atoms with E-state index in [1.807, 2.05) is 24.3 Å². The van der Waals surface area contributed by atoms with Gasteiger partial charge in [0.05, 0.1) is 12.7 Å². The lowest BCUT2D eigenvalue weighted by Gasteiger charge is -2.12. The van der Waals surface area contributed by atoms with Crippen LogP contribution in [0.1, 0.15) is 13.8 Å². The molecule has 0 unspecified atom stereocenters. The molecule has 0 aliphatic carbocycles. The molecule has 1 heterocycles. The number of rotatable bonds is 7. The Labute approximate surface area is 112 Å². The summed E-state index contributed by atoms with van der Waals surface area (Å²) in [7, 11) is 0. The molecule has 0 bridgehead atoms. The minimum atomic E-state index is -0.575. The van der Waals surface area contributed by atoms with Crippen LogP contribution in [0.25, 0.3) is 11.1 Å². The summed E-state index contributed by atoms with van der Waals surface area (Å²) in [6.07, 6.45) is -0.575. The minimum absolute atomic E-state index is 0.311. The van der Waals surface area contributed by atoms with E-state index < -0.39 is 6.10 Å². The van der Waals surface area contributed by atoms with Crippen LogP contribution in [0.15, 0.2) is 28.7 Å². The molecule has 5 nitrogen and oxygen atoms in total. The van der Waals surface area contributed by atoms with Gasteiger partial charge in [-0.2, -0.15) is 4.98 Å². The highest BCUT2D eigenvalue weighted by Gasteiger charge is 2.08. The fourth-order valence-corrected chi connectivity index (χ4v) is 1.65. The molecule has 0 spiro atoms. The van der Waals surface area contributed by atoms with Gasteiger partial charge in [0.25, 0.3) is 6.01 Å². The van der Waals surface area contributed by atoms with E-state index in [0.29, 0.717) is 31.7 Å². The first-order valence-electron chi connectivity index (χ1n) is 6.50. The molecule has 1 atom stereocenters. The summed E-state index contributed by atoms with van der Waals surface area (Å²) in [5, 5.41) is 12.7. The van der Waals surface area contributed by atoms with Gasteiger partial charge in [-0.3, -0.25) is 0 Å². The monoisotopic (exact) mass is 264 g/mol. The van der Waals surface area contributed by atoms with Crippen molar-refractivity contribution in [1.29, 1.82) is 0 Å². The summed E-state index contributed by atoms with van der Waals surface area (Å²) >= 11 is 0.